The number of phenolic OH excluding ortho intramolecular Hbond substituents is 2. The van der Waals surface area contributed by atoms with Crippen LogP contribution >= 0.6 is 0 Å². The number of hydrogen-bond donors (Lipinski definition) is 2. The Morgan fingerprint density at radius 3 is 1.44 bits per heavy atom. The van der Waals surface area contributed by atoms with Gasteiger partial charge in [0.15, 0.2) is 25.4 Å². The Balaban J connectivity index is 0.00000198. The smallest absolute Gasteiger partial charge is 0.162 e. The molecule has 0 amide bonds. The topological polar surface area (TPSA) is 75.9 Å². The van der Waals surface area contributed by atoms with Crippen LogP contribution in [0.5, 0.6) is 11.5 Å². The molecule has 10 rings (SSSR count). The van der Waals surface area contributed by atoms with E-state index < -0.39 is 0 Å². The van der Waals surface area contributed by atoms with Crippen LogP contribution in [0.4, 0.5) is 0 Å². The molecule has 5 atom stereocenters. The molecule has 2 aliphatic rings. The maximum Gasteiger partial charge on any atom is 0.162 e. The number of phenols is 2. The number of fused-ring (bicyclic) bond motifs is 6. The molecule has 2 saturated carbocycles. The van der Waals surface area contributed by atoms with Crippen molar-refractivity contribution in [3.8, 4) is 22.9 Å². The number of nitrogens with zero attached hydrogens (tertiary/aromatic N) is 2. The van der Waals surface area contributed by atoms with Gasteiger partial charge in [0.25, 0.3) is 0 Å². The summed E-state index contributed by atoms with van der Waals surface area (Å²) in [7, 11) is 0. The van der Waals surface area contributed by atoms with Crippen LogP contribution in [0.15, 0.2) is 121 Å². The minimum atomic E-state index is 0. The molecule has 2 aliphatic carbocycles. The standard InChI is InChI=1S/C54H56N2O4.2CH3.Hf/c1-34-30-42(53(57)48(32-34)55-44-22-9-4-17-37(44)38-18-5-10-23-45(38)55)41-21-8-13-26-50(41)59-28-15-29-60-51-27-14-16-36(3)52(51)43-31-35(2)33-49(54(43)58)56-46-24-11-6-19-39(46)40-20-7-12-25-47(40)56;;;/h4-7,9-12,17-20,22-25,30-33,36,41,50-52,57-58H,8,13-16,21,26-29H2,1-3H3;2*1H3;/q;2*-1;/p+2. The molecule has 6 nitrogen and oxygen atoms in total. The van der Waals surface area contributed by atoms with Crippen LogP contribution in [0.25, 0.3) is 55.0 Å². The quantitative estimate of drug-likeness (QED) is 0.0620. The van der Waals surface area contributed by atoms with Crippen molar-refractivity contribution < 1.29 is 45.5 Å². The molecule has 0 aliphatic heterocycles. The Hall–Kier alpha value is -4.69. The summed E-state index contributed by atoms with van der Waals surface area (Å²) in [6, 6.07) is 42.7. The molecular formula is C56H64HfN2O4. The van der Waals surface area contributed by atoms with Gasteiger partial charge < -0.3 is 43.7 Å². The Kier molecular flexibility index (Phi) is 14.4. The zero-order chi connectivity index (χ0) is 40.9. The van der Waals surface area contributed by atoms with E-state index in [9.17, 15) is 10.2 Å². The first-order chi connectivity index (χ1) is 29.4. The van der Waals surface area contributed by atoms with E-state index in [-0.39, 0.29) is 64.7 Å². The minimum absolute atomic E-state index is 0. The SMILES string of the molecule is Cc1cc(C2CCCCC2[OH+]CCC[OH+]C2CCCC(C)C2c2cc(C)cc(-n3c4ccccc4c4ccccc43)c2O)c(O)c(-n2c3ccccc3c3ccccc32)c1.[CH3-].[CH3-].[Hf]. The zero-order valence-electron chi connectivity index (χ0n) is 37.7. The average molecular weight is 1010 g/mol. The second-order valence-corrected chi connectivity index (χ2v) is 17.8. The fourth-order valence-electron chi connectivity index (χ4n) is 11.2. The summed E-state index contributed by atoms with van der Waals surface area (Å²) in [4.78, 5) is 0. The van der Waals surface area contributed by atoms with Gasteiger partial charge in [-0.2, -0.15) is 0 Å². The van der Waals surface area contributed by atoms with Crippen molar-refractivity contribution in [1.82, 2.24) is 9.13 Å². The third kappa shape index (κ3) is 8.42. The molecule has 326 valence electrons. The Morgan fingerprint density at radius 2 is 0.937 bits per heavy atom. The van der Waals surface area contributed by atoms with Crippen molar-refractivity contribution in [2.24, 2.45) is 5.92 Å². The van der Waals surface area contributed by atoms with Gasteiger partial charge >= 0.3 is 0 Å². The van der Waals surface area contributed by atoms with Crippen molar-refractivity contribution in [2.45, 2.75) is 96.2 Å². The number of rotatable bonds is 10. The second kappa shape index (κ2) is 19.6. The van der Waals surface area contributed by atoms with E-state index in [0.29, 0.717) is 17.4 Å². The van der Waals surface area contributed by atoms with Gasteiger partial charge in [-0.1, -0.05) is 98.3 Å². The fourth-order valence-corrected chi connectivity index (χ4v) is 11.2. The van der Waals surface area contributed by atoms with Crippen molar-refractivity contribution in [3.63, 3.8) is 0 Å². The molecule has 0 radical (unpaired) electrons. The molecule has 0 spiro atoms. The van der Waals surface area contributed by atoms with Crippen molar-refractivity contribution in [3.05, 3.63) is 158 Å². The Labute approximate surface area is 392 Å². The minimum Gasteiger partial charge on any atom is -0.505 e. The Morgan fingerprint density at radius 1 is 0.524 bits per heavy atom. The van der Waals surface area contributed by atoms with E-state index in [4.69, 9.17) is 9.47 Å². The molecule has 6 aromatic carbocycles. The molecule has 2 fully saturated rings. The molecule has 5 unspecified atom stereocenters. The first-order valence-corrected chi connectivity index (χ1v) is 22.3. The monoisotopic (exact) mass is 1010 g/mol. The van der Waals surface area contributed by atoms with Gasteiger partial charge in [0.1, 0.15) is 11.5 Å². The van der Waals surface area contributed by atoms with E-state index in [1.807, 2.05) is 0 Å². The Bertz CT molecular complexity index is 2750. The second-order valence-electron chi connectivity index (χ2n) is 17.8. The van der Waals surface area contributed by atoms with E-state index in [2.05, 4.69) is 151 Å². The largest absolute Gasteiger partial charge is 0.505 e. The van der Waals surface area contributed by atoms with Gasteiger partial charge in [0, 0.05) is 71.4 Å². The summed E-state index contributed by atoms with van der Waals surface area (Å²) < 4.78 is 15.3. The summed E-state index contributed by atoms with van der Waals surface area (Å²) in [6.45, 7) is 8.17. The predicted molar refractivity (Wildman–Crippen MR) is 261 cm³/mol. The number of aryl methyl sites for hydroxylation is 2. The molecule has 0 bridgehead atoms. The molecule has 7 heteroatoms. The van der Waals surface area contributed by atoms with Gasteiger partial charge in [-0.3, -0.25) is 0 Å². The maximum atomic E-state index is 12.3. The van der Waals surface area contributed by atoms with Crippen molar-refractivity contribution in [2.75, 3.05) is 13.2 Å². The average Bonchev–Trinajstić information content (AvgIpc) is 3.78. The summed E-state index contributed by atoms with van der Waals surface area (Å²) in [5, 5.41) is 29.2. The first-order valence-electron chi connectivity index (χ1n) is 22.3. The molecule has 2 aromatic heterocycles. The fraction of sp³-hybridized carbons (Fsp3) is 0.321. The number of hydrogen-bond acceptors (Lipinski definition) is 2. The summed E-state index contributed by atoms with van der Waals surface area (Å²) in [6.07, 6.45) is 8.94. The molecule has 63 heavy (non-hydrogen) atoms. The van der Waals surface area contributed by atoms with Crippen LogP contribution < -0.4 is 0 Å². The van der Waals surface area contributed by atoms with Gasteiger partial charge in [-0.25, -0.2) is 0 Å². The molecule has 4 N–H and O–H groups in total. The van der Waals surface area contributed by atoms with Gasteiger partial charge in [0.05, 0.1) is 51.7 Å². The van der Waals surface area contributed by atoms with Crippen LogP contribution in [-0.4, -0.2) is 54.2 Å². The number of benzene rings is 6. The molecular weight excluding hydrogens is 943 g/mol. The predicted octanol–water partition coefficient (Wildman–Crippen LogP) is 13.3. The molecule has 2 heterocycles. The molecule has 0 saturated heterocycles. The zero-order valence-corrected chi connectivity index (χ0v) is 41.3. The summed E-state index contributed by atoms with van der Waals surface area (Å²) in [5.41, 5.74) is 10.5. The maximum absolute atomic E-state index is 12.3. The van der Waals surface area contributed by atoms with E-state index in [1.165, 1.54) is 28.0 Å². The van der Waals surface area contributed by atoms with E-state index in [0.717, 1.165) is 114 Å². The van der Waals surface area contributed by atoms with Crippen LogP contribution in [0.1, 0.15) is 92.4 Å². The summed E-state index contributed by atoms with van der Waals surface area (Å²) >= 11 is 0. The first kappa shape index (κ1) is 46.3. The van der Waals surface area contributed by atoms with E-state index in [1.54, 1.807) is 0 Å². The van der Waals surface area contributed by atoms with Crippen LogP contribution in [0.3, 0.4) is 0 Å². The third-order valence-electron chi connectivity index (χ3n) is 13.9. The number of aliphatic hydroxyl groups is 4. The van der Waals surface area contributed by atoms with Gasteiger partial charge in [0.2, 0.25) is 0 Å². The summed E-state index contributed by atoms with van der Waals surface area (Å²) in [5.74, 6) is 1.50. The number of ether oxygens (including phenoxy) is 2. The van der Waals surface area contributed by atoms with Gasteiger partial charge in [-0.15, -0.1) is 0 Å². The van der Waals surface area contributed by atoms with Crippen LogP contribution in [-0.2, 0) is 25.8 Å². The number of aromatic nitrogens is 2. The molecule has 8 aromatic rings. The third-order valence-corrected chi connectivity index (χ3v) is 13.9. The number of aromatic hydroxyl groups is 2. The van der Waals surface area contributed by atoms with Crippen molar-refractivity contribution in [1.29, 1.82) is 0 Å². The van der Waals surface area contributed by atoms with Crippen molar-refractivity contribution >= 4 is 43.6 Å². The normalized spacial score (nSPS) is 20.1. The number of para-hydroxylation sites is 4. The van der Waals surface area contributed by atoms with E-state index >= 15 is 0 Å². The van der Waals surface area contributed by atoms with Crippen LogP contribution in [0.2, 0.25) is 0 Å². The van der Waals surface area contributed by atoms with Crippen LogP contribution in [0, 0.1) is 34.6 Å². The van der Waals surface area contributed by atoms with Gasteiger partial charge in [-0.05, 0) is 93.0 Å².